The van der Waals surface area contributed by atoms with Gasteiger partial charge in [-0.2, -0.15) is 5.10 Å². The second-order valence-electron chi connectivity index (χ2n) is 7.97. The second kappa shape index (κ2) is 9.80. The van der Waals surface area contributed by atoms with Crippen molar-refractivity contribution in [3.05, 3.63) is 92.4 Å². The van der Waals surface area contributed by atoms with Crippen molar-refractivity contribution in [1.29, 1.82) is 0 Å². The summed E-state index contributed by atoms with van der Waals surface area (Å²) >= 11 is 6.30. The van der Waals surface area contributed by atoms with Gasteiger partial charge in [0, 0.05) is 28.9 Å². The molecule has 1 N–H and O–H groups in total. The van der Waals surface area contributed by atoms with E-state index in [1.54, 1.807) is 19.1 Å². The number of rotatable bonds is 6. The Hall–Kier alpha value is -3.10. The van der Waals surface area contributed by atoms with Crippen molar-refractivity contribution in [1.82, 2.24) is 20.0 Å². The van der Waals surface area contributed by atoms with Gasteiger partial charge in [-0.1, -0.05) is 29.8 Å². The van der Waals surface area contributed by atoms with Crippen LogP contribution in [-0.4, -0.2) is 40.2 Å². The monoisotopic (exact) mass is 472 g/mol. The molecule has 3 aromatic rings. The topological polar surface area (TPSA) is 67.2 Å². The highest BCUT2D eigenvalue weighted by atomic mass is 35.5. The molecule has 0 saturated carbocycles. The van der Waals surface area contributed by atoms with E-state index in [0.29, 0.717) is 11.3 Å². The number of carbonyl (C=O) groups is 1. The summed E-state index contributed by atoms with van der Waals surface area (Å²) in [7, 11) is 0. The van der Waals surface area contributed by atoms with E-state index in [4.69, 9.17) is 11.6 Å². The predicted octanol–water partition coefficient (Wildman–Crippen LogP) is 4.04. The van der Waals surface area contributed by atoms with Crippen molar-refractivity contribution in [2.45, 2.75) is 25.8 Å². The Morgan fingerprint density at radius 1 is 1.12 bits per heavy atom. The minimum Gasteiger partial charge on any atom is -0.349 e. The number of likely N-dealkylation sites (tertiary alicyclic amines) is 1. The molecule has 1 unspecified atom stereocenters. The zero-order chi connectivity index (χ0) is 23.5. The molecular formula is C24H23ClF2N4O2. The Morgan fingerprint density at radius 3 is 2.52 bits per heavy atom. The molecule has 172 valence electrons. The van der Waals surface area contributed by atoms with Crippen LogP contribution in [0.2, 0.25) is 5.02 Å². The van der Waals surface area contributed by atoms with E-state index in [0.717, 1.165) is 25.9 Å². The maximum atomic E-state index is 14.7. The summed E-state index contributed by atoms with van der Waals surface area (Å²) in [6.45, 7) is 3.13. The number of aromatic nitrogens is 2. The van der Waals surface area contributed by atoms with Crippen molar-refractivity contribution in [2.24, 2.45) is 0 Å². The number of hydrogen-bond donors (Lipinski definition) is 1. The standard InChI is InChI=1S/C24H23ClF2N4O2/c1-15-13-21(32)23(29-31(15)19-10-3-2-8-17(19)26)24(33)28-14-20(30-11-4-5-12-30)22-16(25)7-6-9-18(22)27/h2-3,6-10,13,20H,4-5,11-12,14H2,1H3,(H,28,33). The van der Waals surface area contributed by atoms with Gasteiger partial charge in [0.1, 0.15) is 17.3 Å². The van der Waals surface area contributed by atoms with Crippen LogP contribution in [0.4, 0.5) is 8.78 Å². The molecule has 0 spiro atoms. The predicted molar refractivity (Wildman–Crippen MR) is 122 cm³/mol. The number of para-hydroxylation sites is 1. The van der Waals surface area contributed by atoms with Crippen molar-refractivity contribution in [3.8, 4) is 5.69 Å². The Bertz CT molecular complexity index is 1220. The number of hydrogen-bond acceptors (Lipinski definition) is 4. The van der Waals surface area contributed by atoms with Gasteiger partial charge in [-0.3, -0.25) is 14.5 Å². The van der Waals surface area contributed by atoms with Crippen LogP contribution in [0.25, 0.3) is 5.69 Å². The molecule has 9 heteroatoms. The van der Waals surface area contributed by atoms with E-state index in [1.807, 2.05) is 0 Å². The first-order valence-corrected chi connectivity index (χ1v) is 11.1. The minimum atomic E-state index is -0.721. The normalized spacial score (nSPS) is 14.9. The second-order valence-corrected chi connectivity index (χ2v) is 8.37. The van der Waals surface area contributed by atoms with E-state index in [2.05, 4.69) is 15.3 Å². The van der Waals surface area contributed by atoms with Gasteiger partial charge in [0.15, 0.2) is 5.69 Å². The third-order valence-electron chi connectivity index (χ3n) is 5.77. The van der Waals surface area contributed by atoms with Crippen LogP contribution in [0.1, 0.15) is 40.6 Å². The van der Waals surface area contributed by atoms with Crippen LogP contribution in [0, 0.1) is 18.6 Å². The molecule has 0 bridgehead atoms. The molecular weight excluding hydrogens is 450 g/mol. The van der Waals surface area contributed by atoms with Crippen LogP contribution < -0.4 is 10.7 Å². The molecule has 1 fully saturated rings. The summed E-state index contributed by atoms with van der Waals surface area (Å²) < 4.78 is 30.2. The first-order valence-electron chi connectivity index (χ1n) is 10.7. The van der Waals surface area contributed by atoms with Crippen LogP contribution in [-0.2, 0) is 0 Å². The van der Waals surface area contributed by atoms with Crippen molar-refractivity contribution < 1.29 is 13.6 Å². The molecule has 1 atom stereocenters. The first-order chi connectivity index (χ1) is 15.9. The quantitative estimate of drug-likeness (QED) is 0.588. The fourth-order valence-corrected chi connectivity index (χ4v) is 4.43. The molecule has 2 heterocycles. The summed E-state index contributed by atoms with van der Waals surface area (Å²) in [6, 6.07) is 11.2. The van der Waals surface area contributed by atoms with E-state index >= 15 is 0 Å². The lowest BCUT2D eigenvalue weighted by Gasteiger charge is -2.29. The van der Waals surface area contributed by atoms with Gasteiger partial charge in [0.05, 0.1) is 6.04 Å². The van der Waals surface area contributed by atoms with Gasteiger partial charge in [0.25, 0.3) is 5.91 Å². The zero-order valence-corrected chi connectivity index (χ0v) is 18.8. The Morgan fingerprint density at radius 2 is 1.82 bits per heavy atom. The molecule has 4 rings (SSSR count). The maximum absolute atomic E-state index is 14.7. The molecule has 1 saturated heterocycles. The smallest absolute Gasteiger partial charge is 0.275 e. The number of nitrogens with zero attached hydrogens (tertiary/aromatic N) is 3. The van der Waals surface area contributed by atoms with E-state index in [1.165, 1.54) is 41.1 Å². The molecule has 6 nitrogen and oxygen atoms in total. The molecule has 1 aliphatic heterocycles. The molecule has 1 amide bonds. The number of amides is 1. The fourth-order valence-electron chi connectivity index (χ4n) is 4.14. The highest BCUT2D eigenvalue weighted by Gasteiger charge is 2.29. The lowest BCUT2D eigenvalue weighted by atomic mass is 10.0. The number of halogens is 3. The van der Waals surface area contributed by atoms with Crippen molar-refractivity contribution in [3.63, 3.8) is 0 Å². The lowest BCUT2D eigenvalue weighted by Crippen LogP contribution is -2.39. The van der Waals surface area contributed by atoms with E-state index in [-0.39, 0.29) is 22.9 Å². The molecule has 1 aromatic heterocycles. The molecule has 2 aromatic carbocycles. The number of carbonyl (C=O) groups excluding carboxylic acids is 1. The van der Waals surface area contributed by atoms with Crippen molar-refractivity contribution in [2.75, 3.05) is 19.6 Å². The SMILES string of the molecule is Cc1cc(=O)c(C(=O)NCC(c2c(F)cccc2Cl)N2CCCC2)nn1-c1ccccc1F. The third-order valence-corrected chi connectivity index (χ3v) is 6.10. The summed E-state index contributed by atoms with van der Waals surface area (Å²) in [6.07, 6.45) is 1.92. The van der Waals surface area contributed by atoms with Crippen LogP contribution in [0.3, 0.4) is 0 Å². The van der Waals surface area contributed by atoms with Gasteiger partial charge in [-0.05, 0) is 57.1 Å². The van der Waals surface area contributed by atoms with E-state index < -0.39 is 29.0 Å². The Kier molecular flexibility index (Phi) is 6.85. The molecule has 1 aliphatic rings. The van der Waals surface area contributed by atoms with Gasteiger partial charge in [-0.15, -0.1) is 0 Å². The van der Waals surface area contributed by atoms with Gasteiger partial charge >= 0.3 is 0 Å². The Balaban J connectivity index is 1.63. The summed E-state index contributed by atoms with van der Waals surface area (Å²) in [5, 5.41) is 7.11. The minimum absolute atomic E-state index is 0.0359. The Labute approximate surface area is 194 Å². The van der Waals surface area contributed by atoms with E-state index in [9.17, 15) is 18.4 Å². The zero-order valence-electron chi connectivity index (χ0n) is 18.0. The number of aryl methyl sites for hydroxylation is 1. The van der Waals surface area contributed by atoms with Gasteiger partial charge < -0.3 is 5.32 Å². The first kappa shape index (κ1) is 23.1. The van der Waals surface area contributed by atoms with Crippen molar-refractivity contribution >= 4 is 17.5 Å². The molecule has 0 radical (unpaired) electrons. The highest BCUT2D eigenvalue weighted by molar-refractivity contribution is 6.31. The highest BCUT2D eigenvalue weighted by Crippen LogP contribution is 2.32. The maximum Gasteiger partial charge on any atom is 0.275 e. The number of benzene rings is 2. The molecule has 33 heavy (non-hydrogen) atoms. The largest absolute Gasteiger partial charge is 0.349 e. The average Bonchev–Trinajstić information content (AvgIpc) is 3.31. The van der Waals surface area contributed by atoms with Crippen LogP contribution in [0.5, 0.6) is 0 Å². The number of nitrogens with one attached hydrogen (secondary N) is 1. The average molecular weight is 473 g/mol. The fraction of sp³-hybridized carbons (Fsp3) is 0.292. The lowest BCUT2D eigenvalue weighted by molar-refractivity contribution is 0.0929. The third kappa shape index (κ3) is 4.82. The summed E-state index contributed by atoms with van der Waals surface area (Å²) in [4.78, 5) is 27.5. The van der Waals surface area contributed by atoms with Crippen LogP contribution in [0.15, 0.2) is 53.3 Å². The summed E-state index contributed by atoms with van der Waals surface area (Å²) in [5.41, 5.74) is -0.142. The van der Waals surface area contributed by atoms with Crippen LogP contribution >= 0.6 is 11.6 Å². The van der Waals surface area contributed by atoms with Gasteiger partial charge in [-0.25, -0.2) is 13.5 Å². The summed E-state index contributed by atoms with van der Waals surface area (Å²) in [5.74, 6) is -1.71. The molecule has 0 aliphatic carbocycles. The van der Waals surface area contributed by atoms with Gasteiger partial charge in [0.2, 0.25) is 5.43 Å².